The van der Waals surface area contributed by atoms with Gasteiger partial charge in [0.05, 0.1) is 5.60 Å². The molecule has 148 valence electrons. The summed E-state index contributed by atoms with van der Waals surface area (Å²) in [5.41, 5.74) is 3.27. The Kier molecular flexibility index (Phi) is 7.39. The Morgan fingerprint density at radius 1 is 1.14 bits per heavy atom. The lowest BCUT2D eigenvalue weighted by Gasteiger charge is -2.27. The zero-order chi connectivity index (χ0) is 20.7. The molecule has 0 aromatic heterocycles. The summed E-state index contributed by atoms with van der Waals surface area (Å²) in [6, 6.07) is 13.1. The zero-order valence-corrected chi connectivity index (χ0v) is 17.4. The molecule has 4 nitrogen and oxygen atoms in total. The molecule has 0 unspecified atom stereocenters. The number of amides is 1. The lowest BCUT2D eigenvalue weighted by atomic mass is 9.90. The monoisotopic (exact) mass is 379 g/mol. The topological polar surface area (TPSA) is 49.8 Å². The van der Waals surface area contributed by atoms with Crippen molar-refractivity contribution in [3.05, 3.63) is 64.7 Å². The van der Waals surface area contributed by atoms with Gasteiger partial charge in [-0.25, -0.2) is 0 Å². The van der Waals surface area contributed by atoms with E-state index in [0.29, 0.717) is 25.1 Å². The molecule has 1 amide bonds. The smallest absolute Gasteiger partial charge is 0.258 e. The van der Waals surface area contributed by atoms with Gasteiger partial charge in [0.15, 0.2) is 0 Å². The van der Waals surface area contributed by atoms with Crippen molar-refractivity contribution in [2.75, 3.05) is 25.2 Å². The second-order valence-corrected chi connectivity index (χ2v) is 7.35. The zero-order valence-electron chi connectivity index (χ0n) is 17.4. The molecule has 0 bridgehead atoms. The fraction of sp³-hybridized carbons (Fsp3) is 0.375. The molecule has 2 aromatic carbocycles. The van der Waals surface area contributed by atoms with Gasteiger partial charge < -0.3 is 14.7 Å². The third-order valence-corrected chi connectivity index (χ3v) is 4.69. The first-order chi connectivity index (χ1) is 13.3. The van der Waals surface area contributed by atoms with Crippen molar-refractivity contribution >= 4 is 11.6 Å². The molecule has 2 rings (SSSR count). The number of ether oxygens (including phenoxy) is 1. The van der Waals surface area contributed by atoms with Crippen LogP contribution in [0.2, 0.25) is 0 Å². The van der Waals surface area contributed by atoms with Crippen molar-refractivity contribution in [2.45, 2.75) is 39.7 Å². The predicted molar refractivity (Wildman–Crippen MR) is 114 cm³/mol. The number of aryl methyl sites for hydroxylation is 1. The molecule has 0 spiro atoms. The molecule has 0 aliphatic carbocycles. The Bertz CT molecular complexity index is 870. The van der Waals surface area contributed by atoms with Gasteiger partial charge in [-0.15, -0.1) is 0 Å². The molecule has 0 saturated heterocycles. The second-order valence-electron chi connectivity index (χ2n) is 7.35. The van der Waals surface area contributed by atoms with E-state index in [1.807, 2.05) is 56.3 Å². The molecule has 0 fully saturated rings. The van der Waals surface area contributed by atoms with Crippen LogP contribution in [-0.4, -0.2) is 31.3 Å². The van der Waals surface area contributed by atoms with Crippen LogP contribution in [0.4, 0.5) is 5.69 Å². The summed E-state index contributed by atoms with van der Waals surface area (Å²) in [6.07, 6.45) is 0.534. The van der Waals surface area contributed by atoms with E-state index >= 15 is 0 Å². The third kappa shape index (κ3) is 5.45. The summed E-state index contributed by atoms with van der Waals surface area (Å²) in [5, 5.41) is 10.6. The van der Waals surface area contributed by atoms with Crippen LogP contribution in [0.25, 0.3) is 0 Å². The minimum absolute atomic E-state index is 0.0842. The van der Waals surface area contributed by atoms with E-state index in [1.165, 1.54) is 0 Å². The molecule has 2 aromatic rings. The Labute approximate surface area is 168 Å². The summed E-state index contributed by atoms with van der Waals surface area (Å²) in [5.74, 6) is 5.89. The number of anilines is 1. The number of hydrogen-bond acceptors (Lipinski definition) is 3. The Morgan fingerprint density at radius 2 is 1.82 bits per heavy atom. The van der Waals surface area contributed by atoms with E-state index in [4.69, 9.17) is 4.74 Å². The Balaban J connectivity index is 2.45. The standard InChI is InChI=1S/C24H29NO3/c1-18-16-21(17-22(19(18)2)24(3,4)27)25(14-10-7-11-15-28-5)23(26)20-12-8-6-9-13-20/h6,8-9,12-13,16-17,27H,10,14-15H2,1-5H3. The van der Waals surface area contributed by atoms with Gasteiger partial charge in [0.25, 0.3) is 5.91 Å². The van der Waals surface area contributed by atoms with Crippen LogP contribution in [0.3, 0.4) is 0 Å². The predicted octanol–water partition coefficient (Wildman–Crippen LogP) is 4.22. The van der Waals surface area contributed by atoms with Crippen molar-refractivity contribution in [3.8, 4) is 11.8 Å². The molecule has 0 aliphatic heterocycles. The van der Waals surface area contributed by atoms with Gasteiger partial charge in [-0.1, -0.05) is 30.0 Å². The van der Waals surface area contributed by atoms with Crippen LogP contribution < -0.4 is 4.90 Å². The highest BCUT2D eigenvalue weighted by molar-refractivity contribution is 6.06. The molecule has 0 saturated carbocycles. The summed E-state index contributed by atoms with van der Waals surface area (Å²) in [4.78, 5) is 14.9. The summed E-state index contributed by atoms with van der Waals surface area (Å²) in [7, 11) is 1.60. The number of carbonyl (C=O) groups excluding carboxylic acids is 1. The summed E-state index contributed by atoms with van der Waals surface area (Å²) < 4.78 is 4.95. The van der Waals surface area contributed by atoms with Crippen LogP contribution in [0.5, 0.6) is 0 Å². The lowest BCUT2D eigenvalue weighted by Crippen LogP contribution is -2.32. The van der Waals surface area contributed by atoms with Crippen LogP contribution in [0.15, 0.2) is 42.5 Å². The van der Waals surface area contributed by atoms with Gasteiger partial charge in [0, 0.05) is 31.3 Å². The van der Waals surface area contributed by atoms with Gasteiger partial charge >= 0.3 is 0 Å². The largest absolute Gasteiger partial charge is 0.386 e. The Morgan fingerprint density at radius 3 is 2.43 bits per heavy atom. The van der Waals surface area contributed by atoms with E-state index in [-0.39, 0.29) is 5.91 Å². The Hall–Kier alpha value is -2.61. The first-order valence-electron chi connectivity index (χ1n) is 9.41. The molecule has 0 heterocycles. The number of nitrogens with zero attached hydrogens (tertiary/aromatic N) is 1. The fourth-order valence-electron chi connectivity index (χ4n) is 3.10. The average molecular weight is 380 g/mol. The van der Waals surface area contributed by atoms with Crippen LogP contribution in [0, 0.1) is 25.7 Å². The SMILES string of the molecule is COCC#CCCN(C(=O)c1ccccc1)c1cc(C)c(C)c(C(C)(C)O)c1. The minimum Gasteiger partial charge on any atom is -0.386 e. The van der Waals surface area contributed by atoms with Crippen molar-refractivity contribution < 1.29 is 14.6 Å². The first kappa shape index (κ1) is 21.7. The molecule has 4 heteroatoms. The van der Waals surface area contributed by atoms with Crippen molar-refractivity contribution in [2.24, 2.45) is 0 Å². The van der Waals surface area contributed by atoms with Gasteiger partial charge in [0.1, 0.15) is 6.61 Å². The number of rotatable bonds is 6. The number of aliphatic hydroxyl groups is 1. The average Bonchev–Trinajstić information content (AvgIpc) is 2.66. The van der Waals surface area contributed by atoms with Crippen molar-refractivity contribution in [1.29, 1.82) is 0 Å². The van der Waals surface area contributed by atoms with Crippen molar-refractivity contribution in [1.82, 2.24) is 0 Å². The third-order valence-electron chi connectivity index (χ3n) is 4.69. The van der Waals surface area contributed by atoms with Crippen LogP contribution >= 0.6 is 0 Å². The van der Waals surface area contributed by atoms with Gasteiger partial charge in [-0.3, -0.25) is 4.79 Å². The maximum Gasteiger partial charge on any atom is 0.258 e. The summed E-state index contributed by atoms with van der Waals surface area (Å²) >= 11 is 0. The second kappa shape index (κ2) is 9.54. The highest BCUT2D eigenvalue weighted by atomic mass is 16.5. The molecule has 28 heavy (non-hydrogen) atoms. The fourth-order valence-corrected chi connectivity index (χ4v) is 3.10. The molecule has 0 atom stereocenters. The maximum absolute atomic E-state index is 13.2. The molecule has 0 aliphatic rings. The van der Waals surface area contributed by atoms with Crippen LogP contribution in [-0.2, 0) is 10.3 Å². The highest BCUT2D eigenvalue weighted by Gasteiger charge is 2.24. The number of carbonyl (C=O) groups is 1. The molecule has 1 N–H and O–H groups in total. The van der Waals surface area contributed by atoms with E-state index in [2.05, 4.69) is 11.8 Å². The number of benzene rings is 2. The summed E-state index contributed by atoms with van der Waals surface area (Å²) in [6.45, 7) is 8.34. The van der Waals surface area contributed by atoms with Gasteiger partial charge in [-0.05, 0) is 68.7 Å². The molecular weight excluding hydrogens is 350 g/mol. The molecule has 0 radical (unpaired) electrons. The maximum atomic E-state index is 13.2. The van der Waals surface area contributed by atoms with E-state index in [9.17, 15) is 9.90 Å². The normalized spacial score (nSPS) is 10.9. The van der Waals surface area contributed by atoms with Gasteiger partial charge in [-0.2, -0.15) is 0 Å². The van der Waals surface area contributed by atoms with Gasteiger partial charge in [0.2, 0.25) is 0 Å². The lowest BCUT2D eigenvalue weighted by molar-refractivity contribution is 0.0777. The van der Waals surface area contributed by atoms with Crippen molar-refractivity contribution in [3.63, 3.8) is 0 Å². The first-order valence-corrected chi connectivity index (χ1v) is 9.41. The quantitative estimate of drug-likeness (QED) is 0.765. The van der Waals surface area contributed by atoms with Crippen LogP contribution in [0.1, 0.15) is 47.3 Å². The van der Waals surface area contributed by atoms with E-state index in [1.54, 1.807) is 25.9 Å². The number of methoxy groups -OCH3 is 1. The van der Waals surface area contributed by atoms with E-state index < -0.39 is 5.60 Å². The highest BCUT2D eigenvalue weighted by Crippen LogP contribution is 2.31. The minimum atomic E-state index is -0.995. The number of hydrogen-bond donors (Lipinski definition) is 1. The van der Waals surface area contributed by atoms with E-state index in [0.717, 1.165) is 22.4 Å². The molecular formula is C24H29NO3.